The summed E-state index contributed by atoms with van der Waals surface area (Å²) in [5.74, 6) is 6.31. The molecule has 4 aliphatic rings. The molecule has 1 amide bonds. The molecule has 6 heteroatoms. The van der Waals surface area contributed by atoms with Crippen molar-refractivity contribution in [1.29, 1.82) is 0 Å². The lowest BCUT2D eigenvalue weighted by Gasteiger charge is -2.58. The van der Waals surface area contributed by atoms with Crippen molar-refractivity contribution in [3.8, 4) is 17.6 Å². The van der Waals surface area contributed by atoms with Gasteiger partial charge < -0.3 is 15.2 Å². The van der Waals surface area contributed by atoms with E-state index in [9.17, 15) is 19.1 Å². The Morgan fingerprint density at radius 2 is 1.77 bits per heavy atom. The van der Waals surface area contributed by atoms with Crippen LogP contribution in [-0.4, -0.2) is 29.6 Å². The SMILES string of the molecule is CC(C)C#CCOc1c(C(=O)NC(C(=O)O)C23CC4CC(CC(C4)C2)C3)ccc2cc(F)ccc12. The summed E-state index contributed by atoms with van der Waals surface area (Å²) in [7, 11) is 0. The molecule has 0 radical (unpaired) electrons. The second kappa shape index (κ2) is 9.18. The first-order chi connectivity index (χ1) is 16.7. The number of nitrogens with one attached hydrogen (secondary N) is 1. The number of rotatable bonds is 6. The van der Waals surface area contributed by atoms with E-state index in [-0.39, 0.29) is 29.3 Å². The highest BCUT2D eigenvalue weighted by molar-refractivity contribution is 6.05. The molecular formula is C29H32FNO4. The molecule has 6 rings (SSSR count). The van der Waals surface area contributed by atoms with Gasteiger partial charge in [-0.1, -0.05) is 31.8 Å². The molecule has 0 aromatic heterocycles. The highest BCUT2D eigenvalue weighted by atomic mass is 19.1. The van der Waals surface area contributed by atoms with Crippen LogP contribution in [0.25, 0.3) is 10.8 Å². The van der Waals surface area contributed by atoms with E-state index in [0.717, 1.165) is 19.3 Å². The van der Waals surface area contributed by atoms with Crippen molar-refractivity contribution in [3.63, 3.8) is 0 Å². The number of fused-ring (bicyclic) bond motifs is 1. The molecule has 2 aromatic carbocycles. The van der Waals surface area contributed by atoms with Crippen molar-refractivity contribution in [3.05, 3.63) is 41.7 Å². The predicted molar refractivity (Wildman–Crippen MR) is 132 cm³/mol. The lowest BCUT2D eigenvalue weighted by molar-refractivity contribution is -0.150. The predicted octanol–water partition coefficient (Wildman–Crippen LogP) is 5.42. The maximum absolute atomic E-state index is 13.8. The van der Waals surface area contributed by atoms with Crippen molar-refractivity contribution in [2.75, 3.05) is 6.61 Å². The van der Waals surface area contributed by atoms with Crippen molar-refractivity contribution >= 4 is 22.6 Å². The number of ether oxygens (including phenoxy) is 1. The molecule has 5 nitrogen and oxygen atoms in total. The fourth-order valence-electron chi connectivity index (χ4n) is 7.18. The number of carbonyl (C=O) groups is 2. The maximum Gasteiger partial charge on any atom is 0.326 e. The highest BCUT2D eigenvalue weighted by Gasteiger charge is 2.56. The quantitative estimate of drug-likeness (QED) is 0.545. The zero-order valence-corrected chi connectivity index (χ0v) is 20.3. The Bertz CT molecular complexity index is 1190. The van der Waals surface area contributed by atoms with Crippen LogP contribution in [0.3, 0.4) is 0 Å². The lowest BCUT2D eigenvalue weighted by atomic mass is 9.47. The van der Waals surface area contributed by atoms with E-state index in [1.54, 1.807) is 18.2 Å². The molecule has 4 saturated carbocycles. The van der Waals surface area contributed by atoms with Crippen molar-refractivity contribution < 1.29 is 23.8 Å². The highest BCUT2D eigenvalue weighted by Crippen LogP contribution is 2.61. The van der Waals surface area contributed by atoms with E-state index in [1.165, 1.54) is 31.4 Å². The summed E-state index contributed by atoms with van der Waals surface area (Å²) >= 11 is 0. The molecule has 0 spiro atoms. The van der Waals surface area contributed by atoms with Gasteiger partial charge in [0.1, 0.15) is 24.2 Å². The third-order valence-electron chi connectivity index (χ3n) is 8.08. The fourth-order valence-corrected chi connectivity index (χ4v) is 7.18. The summed E-state index contributed by atoms with van der Waals surface area (Å²) in [6, 6.07) is 6.61. The van der Waals surface area contributed by atoms with Gasteiger partial charge in [-0.15, -0.1) is 0 Å². The molecule has 2 aromatic rings. The number of hydrogen-bond donors (Lipinski definition) is 2. The fraction of sp³-hybridized carbons (Fsp3) is 0.517. The molecule has 1 atom stereocenters. The van der Waals surface area contributed by atoms with Gasteiger partial charge in [-0.05, 0) is 85.9 Å². The topological polar surface area (TPSA) is 75.6 Å². The van der Waals surface area contributed by atoms with Crippen LogP contribution in [-0.2, 0) is 4.79 Å². The Kier molecular flexibility index (Phi) is 6.21. The molecule has 2 N–H and O–H groups in total. The normalized spacial score (nSPS) is 27.4. The second-order valence-electron chi connectivity index (χ2n) is 11.1. The molecule has 35 heavy (non-hydrogen) atoms. The number of benzene rings is 2. The number of carboxylic acids is 1. The van der Waals surface area contributed by atoms with Crippen LogP contribution in [0, 0.1) is 46.7 Å². The molecule has 4 bridgehead atoms. The third kappa shape index (κ3) is 4.61. The summed E-state index contributed by atoms with van der Waals surface area (Å²) in [6.45, 7) is 4.03. The number of hydrogen-bond acceptors (Lipinski definition) is 3. The Balaban J connectivity index is 1.46. The Morgan fingerprint density at radius 1 is 1.11 bits per heavy atom. The minimum absolute atomic E-state index is 0.0757. The van der Waals surface area contributed by atoms with E-state index < -0.39 is 17.9 Å². The number of aliphatic carboxylic acids is 1. The van der Waals surface area contributed by atoms with Crippen LogP contribution < -0.4 is 10.1 Å². The summed E-state index contributed by atoms with van der Waals surface area (Å²) in [6.07, 6.45) is 6.16. The van der Waals surface area contributed by atoms with Crippen molar-refractivity contribution in [2.24, 2.45) is 29.1 Å². The minimum atomic E-state index is -0.978. The van der Waals surface area contributed by atoms with Crippen LogP contribution in [0.1, 0.15) is 62.7 Å². The van der Waals surface area contributed by atoms with Gasteiger partial charge in [-0.3, -0.25) is 4.79 Å². The first-order valence-electron chi connectivity index (χ1n) is 12.6. The van der Waals surface area contributed by atoms with Gasteiger partial charge in [-0.25, -0.2) is 9.18 Å². The second-order valence-corrected chi connectivity index (χ2v) is 11.1. The summed E-state index contributed by atoms with van der Waals surface area (Å²) < 4.78 is 19.8. The molecule has 4 aliphatic carbocycles. The molecule has 1 unspecified atom stereocenters. The average molecular weight is 478 g/mol. The van der Waals surface area contributed by atoms with Gasteiger partial charge in [0.05, 0.1) is 5.56 Å². The Labute approximate surface area is 205 Å². The number of carboxylic acid groups (broad SMARTS) is 1. The van der Waals surface area contributed by atoms with Crippen LogP contribution in [0.2, 0.25) is 0 Å². The van der Waals surface area contributed by atoms with Gasteiger partial charge in [0.15, 0.2) is 0 Å². The standard InChI is InChI=1S/C29H32FNO4/c1-17(2)4-3-9-35-25-23-8-6-22(30)13-21(23)5-7-24(25)27(32)31-26(28(33)34)29-14-18-10-19(15-29)12-20(11-18)16-29/h5-8,13,17-20,26H,9-12,14-16H2,1-2H3,(H,31,32)(H,33,34). The third-order valence-corrected chi connectivity index (χ3v) is 8.08. The molecular weight excluding hydrogens is 445 g/mol. The lowest BCUT2D eigenvalue weighted by Crippen LogP contribution is -2.59. The van der Waals surface area contributed by atoms with Crippen LogP contribution in [0.4, 0.5) is 4.39 Å². The summed E-state index contributed by atoms with van der Waals surface area (Å²) in [5, 5.41) is 14.3. The van der Waals surface area contributed by atoms with Crippen LogP contribution >= 0.6 is 0 Å². The van der Waals surface area contributed by atoms with Gasteiger partial charge >= 0.3 is 5.97 Å². The zero-order chi connectivity index (χ0) is 24.7. The maximum atomic E-state index is 13.8. The monoisotopic (exact) mass is 477 g/mol. The van der Waals surface area contributed by atoms with Crippen LogP contribution in [0.5, 0.6) is 5.75 Å². The van der Waals surface area contributed by atoms with Crippen molar-refractivity contribution in [1.82, 2.24) is 5.32 Å². The van der Waals surface area contributed by atoms with Gasteiger partial charge in [0, 0.05) is 16.7 Å². The zero-order valence-electron chi connectivity index (χ0n) is 20.3. The van der Waals surface area contributed by atoms with Gasteiger partial charge in [0.2, 0.25) is 0 Å². The van der Waals surface area contributed by atoms with E-state index in [2.05, 4.69) is 17.2 Å². The van der Waals surface area contributed by atoms with E-state index >= 15 is 0 Å². The first kappa shape index (κ1) is 23.7. The molecule has 4 fully saturated rings. The Morgan fingerprint density at radius 3 is 2.37 bits per heavy atom. The average Bonchev–Trinajstić information content (AvgIpc) is 2.78. The van der Waals surface area contributed by atoms with Gasteiger partial charge in [-0.2, -0.15) is 0 Å². The van der Waals surface area contributed by atoms with Crippen molar-refractivity contribution in [2.45, 2.75) is 58.4 Å². The Hall–Kier alpha value is -3.07. The van der Waals surface area contributed by atoms with Crippen LogP contribution in [0.15, 0.2) is 30.3 Å². The first-order valence-corrected chi connectivity index (χ1v) is 12.6. The smallest absolute Gasteiger partial charge is 0.326 e. The molecule has 0 saturated heterocycles. The molecule has 0 aliphatic heterocycles. The molecule has 184 valence electrons. The molecule has 0 heterocycles. The number of halogens is 1. The minimum Gasteiger partial charge on any atom is -0.480 e. The number of amides is 1. The van der Waals surface area contributed by atoms with E-state index in [4.69, 9.17) is 4.74 Å². The summed E-state index contributed by atoms with van der Waals surface area (Å²) in [5.41, 5.74) is -0.147. The van der Waals surface area contributed by atoms with E-state index in [0.29, 0.717) is 34.3 Å². The largest absolute Gasteiger partial charge is 0.480 e. The van der Waals surface area contributed by atoms with Gasteiger partial charge in [0.25, 0.3) is 5.91 Å². The number of carbonyl (C=O) groups excluding carboxylic acids is 1. The summed E-state index contributed by atoms with van der Waals surface area (Å²) in [4.78, 5) is 26.0. The van der Waals surface area contributed by atoms with E-state index in [1.807, 2.05) is 13.8 Å².